The quantitative estimate of drug-likeness (QED) is 0.517. The molecule has 0 aliphatic carbocycles. The van der Waals surface area contributed by atoms with Crippen LogP contribution in [0.3, 0.4) is 0 Å². The van der Waals surface area contributed by atoms with E-state index < -0.39 is 0 Å². The van der Waals surface area contributed by atoms with Gasteiger partial charge in [-0.2, -0.15) is 0 Å². The summed E-state index contributed by atoms with van der Waals surface area (Å²) in [6.07, 6.45) is 0.0348. The van der Waals surface area contributed by atoms with Crippen LogP contribution in [-0.2, 0) is 11.2 Å². The highest BCUT2D eigenvalue weighted by Gasteiger charge is 2.14. The molecular weight excluding hydrogens is 418 g/mol. The van der Waals surface area contributed by atoms with Crippen molar-refractivity contribution in [1.82, 2.24) is 4.98 Å². The first-order chi connectivity index (χ1) is 14.9. The summed E-state index contributed by atoms with van der Waals surface area (Å²) in [5.41, 5.74) is 1.96. The molecule has 0 aliphatic rings. The molecule has 0 saturated heterocycles. The predicted octanol–water partition coefficient (Wildman–Crippen LogP) is 3.80. The number of thiazole rings is 1. The van der Waals surface area contributed by atoms with Crippen LogP contribution in [0.1, 0.15) is 33.3 Å². The second-order valence-electron chi connectivity index (χ2n) is 6.53. The molecule has 160 valence electrons. The highest BCUT2D eigenvalue weighted by atomic mass is 32.1. The second kappa shape index (κ2) is 9.86. The largest absolute Gasteiger partial charge is 0.493 e. The molecule has 2 amide bonds. The number of nitrogens with zero attached hydrogens (tertiary/aromatic N) is 1. The predicted molar refractivity (Wildman–Crippen MR) is 118 cm³/mol. The zero-order valence-corrected chi connectivity index (χ0v) is 18.0. The van der Waals surface area contributed by atoms with Crippen LogP contribution in [0.4, 0.5) is 10.8 Å². The van der Waals surface area contributed by atoms with Crippen molar-refractivity contribution in [2.24, 2.45) is 0 Å². The summed E-state index contributed by atoms with van der Waals surface area (Å²) in [5, 5.41) is 7.54. The number of rotatable bonds is 8. The molecule has 0 fully saturated rings. The highest BCUT2D eigenvalue weighted by molar-refractivity contribution is 7.14. The minimum atomic E-state index is -0.354. The topological polar surface area (TPSA) is 107 Å². The van der Waals surface area contributed by atoms with E-state index in [0.717, 1.165) is 0 Å². The molecular formula is C22H21N3O5S. The summed E-state index contributed by atoms with van der Waals surface area (Å²) in [5.74, 6) is 0.262. The molecule has 0 unspecified atom stereocenters. The molecule has 8 nitrogen and oxygen atoms in total. The lowest BCUT2D eigenvalue weighted by molar-refractivity contribution is -0.115. The minimum absolute atomic E-state index is 0.0348. The Labute approximate surface area is 183 Å². The van der Waals surface area contributed by atoms with Gasteiger partial charge < -0.3 is 14.8 Å². The smallest absolute Gasteiger partial charge is 0.257 e. The van der Waals surface area contributed by atoms with Crippen molar-refractivity contribution < 1.29 is 23.9 Å². The van der Waals surface area contributed by atoms with Crippen LogP contribution in [0.2, 0.25) is 0 Å². The zero-order valence-electron chi connectivity index (χ0n) is 17.2. The zero-order chi connectivity index (χ0) is 22.4. The van der Waals surface area contributed by atoms with E-state index in [9.17, 15) is 14.4 Å². The lowest BCUT2D eigenvalue weighted by Crippen LogP contribution is -2.15. The molecule has 2 N–H and O–H groups in total. The fourth-order valence-corrected chi connectivity index (χ4v) is 3.48. The minimum Gasteiger partial charge on any atom is -0.493 e. The summed E-state index contributed by atoms with van der Waals surface area (Å²) < 4.78 is 10.4. The molecule has 1 aromatic heterocycles. The van der Waals surface area contributed by atoms with E-state index in [1.54, 1.807) is 47.8 Å². The number of hydrogen-bond donors (Lipinski definition) is 2. The highest BCUT2D eigenvalue weighted by Crippen LogP contribution is 2.28. The van der Waals surface area contributed by atoms with Crippen LogP contribution in [0.25, 0.3) is 0 Å². The molecule has 0 saturated carbocycles. The Balaban J connectivity index is 1.61. The Morgan fingerprint density at radius 3 is 2.45 bits per heavy atom. The fraction of sp³-hybridized carbons (Fsp3) is 0.182. The van der Waals surface area contributed by atoms with E-state index in [2.05, 4.69) is 15.6 Å². The van der Waals surface area contributed by atoms with E-state index in [0.29, 0.717) is 39.1 Å². The van der Waals surface area contributed by atoms with E-state index >= 15 is 0 Å². The molecule has 3 rings (SSSR count). The van der Waals surface area contributed by atoms with Crippen LogP contribution >= 0.6 is 11.3 Å². The number of Topliss-reactive ketones (excluding diaryl/α,β-unsaturated/α-hetero) is 1. The first-order valence-electron chi connectivity index (χ1n) is 9.28. The second-order valence-corrected chi connectivity index (χ2v) is 7.39. The van der Waals surface area contributed by atoms with Crippen LogP contribution in [0.5, 0.6) is 11.5 Å². The van der Waals surface area contributed by atoms with Crippen molar-refractivity contribution >= 4 is 39.8 Å². The van der Waals surface area contributed by atoms with Crippen molar-refractivity contribution in [2.45, 2.75) is 13.3 Å². The molecule has 0 bridgehead atoms. The number of aromatic nitrogens is 1. The Kier molecular flexibility index (Phi) is 6.99. The third-order valence-corrected chi connectivity index (χ3v) is 5.12. The summed E-state index contributed by atoms with van der Waals surface area (Å²) in [7, 11) is 3.01. The summed E-state index contributed by atoms with van der Waals surface area (Å²) in [6.45, 7) is 1.47. The van der Waals surface area contributed by atoms with Gasteiger partial charge in [-0.1, -0.05) is 12.1 Å². The van der Waals surface area contributed by atoms with Gasteiger partial charge in [0.15, 0.2) is 22.4 Å². The van der Waals surface area contributed by atoms with Gasteiger partial charge in [-0.15, -0.1) is 11.3 Å². The molecule has 0 radical (unpaired) electrons. The number of amides is 2. The number of benzene rings is 2. The van der Waals surface area contributed by atoms with Gasteiger partial charge >= 0.3 is 0 Å². The number of methoxy groups -OCH3 is 2. The van der Waals surface area contributed by atoms with E-state index in [-0.39, 0.29) is 24.0 Å². The monoisotopic (exact) mass is 439 g/mol. The number of carbonyl (C=O) groups is 3. The van der Waals surface area contributed by atoms with E-state index in [1.165, 1.54) is 32.5 Å². The third kappa shape index (κ3) is 5.67. The normalized spacial score (nSPS) is 10.3. The lowest BCUT2D eigenvalue weighted by atomic mass is 10.1. The molecule has 1 heterocycles. The third-order valence-electron chi connectivity index (χ3n) is 4.31. The van der Waals surface area contributed by atoms with Gasteiger partial charge in [-0.05, 0) is 37.3 Å². The van der Waals surface area contributed by atoms with Gasteiger partial charge in [0.1, 0.15) is 0 Å². The Hall–Kier alpha value is -3.72. The van der Waals surface area contributed by atoms with Crippen LogP contribution in [0, 0.1) is 0 Å². The van der Waals surface area contributed by atoms with Gasteiger partial charge in [0.25, 0.3) is 5.91 Å². The Morgan fingerprint density at radius 2 is 1.74 bits per heavy atom. The molecule has 0 atom stereocenters. The lowest BCUT2D eigenvalue weighted by Gasteiger charge is -2.09. The number of ether oxygens (including phenoxy) is 2. The first kappa shape index (κ1) is 22.0. The number of anilines is 2. The summed E-state index contributed by atoms with van der Waals surface area (Å²) in [4.78, 5) is 40.6. The Morgan fingerprint density at radius 1 is 0.968 bits per heavy atom. The van der Waals surface area contributed by atoms with Crippen LogP contribution in [0.15, 0.2) is 47.8 Å². The number of nitrogens with one attached hydrogen (secondary N) is 2. The van der Waals surface area contributed by atoms with Crippen molar-refractivity contribution in [1.29, 1.82) is 0 Å². The van der Waals surface area contributed by atoms with Crippen molar-refractivity contribution in [2.75, 3.05) is 24.9 Å². The summed E-state index contributed by atoms with van der Waals surface area (Å²) in [6, 6.07) is 11.6. The molecule has 0 spiro atoms. The Bertz CT molecular complexity index is 1130. The standard InChI is InChI=1S/C22H21N3O5S/c1-13(26)14-5-4-6-16(9-14)23-20(27)11-17-12-31-22(24-17)25-21(28)15-7-8-18(29-2)19(10-15)30-3/h4-10,12H,11H2,1-3H3,(H,23,27)(H,24,25,28). The van der Waals surface area contributed by atoms with E-state index in [1.807, 2.05) is 0 Å². The molecule has 9 heteroatoms. The first-order valence-corrected chi connectivity index (χ1v) is 10.2. The summed E-state index contributed by atoms with van der Waals surface area (Å²) >= 11 is 1.22. The van der Waals surface area contributed by atoms with Gasteiger partial charge in [0, 0.05) is 22.2 Å². The maximum absolute atomic E-state index is 12.5. The van der Waals surface area contributed by atoms with Gasteiger partial charge in [0.2, 0.25) is 5.91 Å². The maximum atomic E-state index is 12.5. The molecule has 31 heavy (non-hydrogen) atoms. The molecule has 0 aliphatic heterocycles. The van der Waals surface area contributed by atoms with Gasteiger partial charge in [0.05, 0.1) is 26.3 Å². The number of hydrogen-bond acceptors (Lipinski definition) is 7. The number of carbonyl (C=O) groups excluding carboxylic acids is 3. The van der Waals surface area contributed by atoms with Gasteiger partial charge in [-0.3, -0.25) is 19.7 Å². The SMILES string of the molecule is COc1ccc(C(=O)Nc2nc(CC(=O)Nc3cccc(C(C)=O)c3)cs2)cc1OC. The maximum Gasteiger partial charge on any atom is 0.257 e. The van der Waals surface area contributed by atoms with Crippen molar-refractivity contribution in [3.8, 4) is 11.5 Å². The van der Waals surface area contributed by atoms with Crippen LogP contribution < -0.4 is 20.1 Å². The van der Waals surface area contributed by atoms with E-state index in [4.69, 9.17) is 9.47 Å². The average molecular weight is 439 g/mol. The fourth-order valence-electron chi connectivity index (χ4n) is 2.78. The van der Waals surface area contributed by atoms with Gasteiger partial charge in [-0.25, -0.2) is 4.98 Å². The van der Waals surface area contributed by atoms with Crippen molar-refractivity contribution in [3.63, 3.8) is 0 Å². The average Bonchev–Trinajstić information content (AvgIpc) is 3.19. The van der Waals surface area contributed by atoms with Crippen LogP contribution in [-0.4, -0.2) is 36.8 Å². The molecule has 3 aromatic rings. The number of ketones is 1. The van der Waals surface area contributed by atoms with Crippen molar-refractivity contribution in [3.05, 3.63) is 64.7 Å². The molecule has 2 aromatic carbocycles.